The van der Waals surface area contributed by atoms with Crippen molar-refractivity contribution in [1.29, 1.82) is 0 Å². The number of benzene rings is 9. The van der Waals surface area contributed by atoms with Crippen LogP contribution in [0, 0.1) is 0 Å². The Bertz CT molecular complexity index is 3470. The first kappa shape index (κ1) is 35.0. The third-order valence-corrected chi connectivity index (χ3v) is 13.6. The molecule has 2 aromatic heterocycles. The monoisotopic (exact) mass is 808 g/mol. The highest BCUT2D eigenvalue weighted by Gasteiger charge is 2.47. The second-order valence-corrected chi connectivity index (χ2v) is 16.8. The predicted octanol–water partition coefficient (Wildman–Crippen LogP) is 14.9. The van der Waals surface area contributed by atoms with Crippen molar-refractivity contribution >= 4 is 31.5 Å². The Hall–Kier alpha value is -7.79. The lowest BCUT2D eigenvalue weighted by molar-refractivity contribution is 0.768. The van der Waals surface area contributed by atoms with Crippen LogP contribution < -0.4 is 0 Å². The van der Waals surface area contributed by atoms with Crippen LogP contribution in [0.3, 0.4) is 0 Å². The average Bonchev–Trinajstić information content (AvgIpc) is 3.90. The Kier molecular flexibility index (Phi) is 8.32. The first-order valence-electron chi connectivity index (χ1n) is 21.4. The highest BCUT2D eigenvalue weighted by atomic mass is 32.1. The molecule has 0 amide bonds. The highest BCUT2D eigenvalue weighted by molar-refractivity contribution is 7.26. The van der Waals surface area contributed by atoms with E-state index in [0.717, 1.165) is 54.6 Å². The number of rotatable bonds is 7. The fourth-order valence-corrected chi connectivity index (χ4v) is 10.9. The second-order valence-electron chi connectivity index (χ2n) is 15.7. The van der Waals surface area contributed by atoms with Crippen LogP contribution in [0.2, 0.25) is 0 Å². The summed E-state index contributed by atoms with van der Waals surface area (Å²) in [6.07, 6.45) is 0. The number of hydrogen-bond donors (Lipinski definition) is 0. The average molecular weight is 809 g/mol. The molecule has 0 unspecified atom stereocenters. The van der Waals surface area contributed by atoms with E-state index in [9.17, 15) is 0 Å². The zero-order chi connectivity index (χ0) is 41.9. The van der Waals surface area contributed by atoms with Gasteiger partial charge in [-0.2, -0.15) is 0 Å². The quantitative estimate of drug-likeness (QED) is 0.161. The summed E-state index contributed by atoms with van der Waals surface area (Å²) < 4.78 is 10.8. The molecule has 0 fully saturated rings. The van der Waals surface area contributed by atoms with E-state index in [2.05, 4.69) is 200 Å². The molecule has 0 atom stereocenters. The van der Waals surface area contributed by atoms with E-state index >= 15 is 0 Å². The van der Waals surface area contributed by atoms with Gasteiger partial charge in [0.25, 0.3) is 0 Å². The molecule has 0 spiro atoms. The molecule has 0 saturated carbocycles. The lowest BCUT2D eigenvalue weighted by Gasteiger charge is -2.33. The smallest absolute Gasteiger partial charge is 0.164 e. The van der Waals surface area contributed by atoms with Crippen LogP contribution in [0.25, 0.3) is 87.7 Å². The molecule has 0 radical (unpaired) electrons. The molecular formula is C58H37N3S. The van der Waals surface area contributed by atoms with E-state index < -0.39 is 5.41 Å². The maximum absolute atomic E-state index is 8.58. The Labute approximate surface area is 365 Å². The van der Waals surface area contributed by atoms with E-state index in [1.54, 1.807) is 11.3 Å². The van der Waals surface area contributed by atoms with Gasteiger partial charge in [0.05, 0.1) is 6.79 Å². The number of nitrogens with zero attached hydrogens (tertiary/aromatic N) is 3. The molecule has 12 rings (SSSR count). The summed E-state index contributed by atoms with van der Waals surface area (Å²) in [6.45, 7) is 0. The largest absolute Gasteiger partial charge is 0.208 e. The number of hydrogen-bond acceptors (Lipinski definition) is 4. The minimum absolute atomic E-state index is 0.557. The molecule has 2 heterocycles. The molecule has 290 valence electrons. The first-order chi connectivity index (χ1) is 31.2. The van der Waals surface area contributed by atoms with E-state index in [1.165, 1.54) is 37.9 Å². The molecule has 0 saturated heterocycles. The molecule has 1 aliphatic rings. The Morgan fingerprint density at radius 1 is 0.355 bits per heavy atom. The molecule has 11 aromatic rings. The van der Waals surface area contributed by atoms with Crippen molar-refractivity contribution in [2.45, 2.75) is 5.41 Å². The zero-order valence-corrected chi connectivity index (χ0v) is 34.4. The van der Waals surface area contributed by atoms with E-state index in [0.29, 0.717) is 23.5 Å². The summed E-state index contributed by atoms with van der Waals surface area (Å²) >= 11 is 1.69. The van der Waals surface area contributed by atoms with Crippen molar-refractivity contribution in [3.8, 4) is 67.5 Å². The topological polar surface area (TPSA) is 38.7 Å². The van der Waals surface area contributed by atoms with Gasteiger partial charge in [0.2, 0.25) is 0 Å². The predicted molar refractivity (Wildman–Crippen MR) is 257 cm³/mol. The van der Waals surface area contributed by atoms with Crippen LogP contribution in [-0.2, 0) is 5.41 Å². The van der Waals surface area contributed by atoms with Gasteiger partial charge in [-0.3, -0.25) is 0 Å². The van der Waals surface area contributed by atoms with E-state index in [1.807, 2.05) is 18.2 Å². The summed E-state index contributed by atoms with van der Waals surface area (Å²) in [5, 5.41) is 2.30. The highest BCUT2D eigenvalue weighted by Crippen LogP contribution is 2.58. The van der Waals surface area contributed by atoms with Crippen molar-refractivity contribution in [2.24, 2.45) is 0 Å². The van der Waals surface area contributed by atoms with Crippen LogP contribution in [0.5, 0.6) is 0 Å². The normalized spacial score (nSPS) is 12.9. The minimum Gasteiger partial charge on any atom is -0.208 e. The number of fused-ring (bicyclic) bond motifs is 6. The Morgan fingerprint density at radius 2 is 0.855 bits per heavy atom. The first-order valence-corrected chi connectivity index (χ1v) is 21.8. The molecule has 0 aliphatic heterocycles. The maximum atomic E-state index is 8.58. The van der Waals surface area contributed by atoms with Crippen LogP contribution in [0.4, 0.5) is 0 Å². The van der Waals surface area contributed by atoms with Gasteiger partial charge in [-0.25, -0.2) is 15.0 Å². The lowest BCUT2D eigenvalue weighted by Crippen LogP contribution is -2.28. The SMILES string of the molecule is [2H]c1cccc2c1sc1c(-c3ccc(-c4nc(-c5ccccc5-c5ccccc5)nc(-c5cccc6c5-c5ccccc5C6(c5ccccc5)c5ccccc5)n4)cc3)cccc12. The third kappa shape index (κ3) is 5.68. The van der Waals surface area contributed by atoms with Crippen LogP contribution in [0.1, 0.15) is 23.6 Å². The summed E-state index contributed by atoms with van der Waals surface area (Å²) in [7, 11) is 0. The van der Waals surface area contributed by atoms with E-state index in [-0.39, 0.29) is 0 Å². The van der Waals surface area contributed by atoms with Crippen LogP contribution >= 0.6 is 11.3 Å². The summed E-state index contributed by atoms with van der Waals surface area (Å²) in [5.41, 5.74) is 13.8. The van der Waals surface area contributed by atoms with Gasteiger partial charge in [0.15, 0.2) is 17.5 Å². The Morgan fingerprint density at radius 3 is 1.60 bits per heavy atom. The van der Waals surface area contributed by atoms with Crippen LogP contribution in [-0.4, -0.2) is 15.0 Å². The molecule has 1 aliphatic carbocycles. The van der Waals surface area contributed by atoms with Gasteiger partial charge >= 0.3 is 0 Å². The van der Waals surface area contributed by atoms with Crippen molar-refractivity contribution < 1.29 is 1.37 Å². The summed E-state index contributed by atoms with van der Waals surface area (Å²) in [6, 6.07) is 77.6. The maximum Gasteiger partial charge on any atom is 0.164 e. The van der Waals surface area contributed by atoms with Gasteiger partial charge in [0, 0.05) is 36.9 Å². The third-order valence-electron chi connectivity index (χ3n) is 12.4. The summed E-state index contributed by atoms with van der Waals surface area (Å²) in [4.78, 5) is 16.1. The zero-order valence-electron chi connectivity index (χ0n) is 34.5. The van der Waals surface area contributed by atoms with Crippen molar-refractivity contribution in [3.63, 3.8) is 0 Å². The number of thiophene rings is 1. The second kappa shape index (κ2) is 14.7. The van der Waals surface area contributed by atoms with Gasteiger partial charge in [-0.1, -0.05) is 218 Å². The van der Waals surface area contributed by atoms with Crippen molar-refractivity contribution in [1.82, 2.24) is 15.0 Å². The van der Waals surface area contributed by atoms with E-state index in [4.69, 9.17) is 16.3 Å². The lowest BCUT2D eigenvalue weighted by atomic mass is 9.67. The van der Waals surface area contributed by atoms with Gasteiger partial charge in [-0.05, 0) is 61.7 Å². The molecule has 3 nitrogen and oxygen atoms in total. The van der Waals surface area contributed by atoms with Crippen LogP contribution in [0.15, 0.2) is 224 Å². The molecular weight excluding hydrogens is 771 g/mol. The molecule has 62 heavy (non-hydrogen) atoms. The van der Waals surface area contributed by atoms with Crippen molar-refractivity contribution in [3.05, 3.63) is 247 Å². The number of aromatic nitrogens is 3. The molecule has 4 heteroatoms. The van der Waals surface area contributed by atoms with Gasteiger partial charge < -0.3 is 0 Å². The molecule has 0 bridgehead atoms. The molecule has 0 N–H and O–H groups in total. The summed E-state index contributed by atoms with van der Waals surface area (Å²) in [5.74, 6) is 1.83. The van der Waals surface area contributed by atoms with Crippen molar-refractivity contribution in [2.75, 3.05) is 0 Å². The van der Waals surface area contributed by atoms with Gasteiger partial charge in [-0.15, -0.1) is 11.3 Å². The minimum atomic E-state index is -0.557. The fraction of sp³-hybridized carbons (Fsp3) is 0.0172. The van der Waals surface area contributed by atoms with Gasteiger partial charge in [0.1, 0.15) is 0 Å². The Balaban J connectivity index is 1.08. The molecule has 9 aromatic carbocycles. The standard InChI is InChI=1S/C58H37N3S/c1-4-18-38(19-5-1)43-24-10-11-26-47(43)56-59-55(40-36-34-39(35-37-40)44-28-16-29-46-45-25-13-15-33-52(45)62-54(44)46)60-57(61-56)49-30-17-32-51-53(49)48-27-12-14-31-50(48)58(51,41-20-6-2-7-21-41)42-22-8-3-9-23-42/h1-37H/i33D. The fourth-order valence-electron chi connectivity index (χ4n) is 9.68.